The van der Waals surface area contributed by atoms with Gasteiger partial charge in [0, 0.05) is 13.1 Å². The lowest BCUT2D eigenvalue weighted by Crippen LogP contribution is -2.31. The van der Waals surface area contributed by atoms with Crippen LogP contribution in [0.4, 0.5) is 11.6 Å². The molecule has 4 rings (SSSR count). The third-order valence-electron chi connectivity index (χ3n) is 4.37. The third kappa shape index (κ3) is 2.93. The highest BCUT2D eigenvalue weighted by molar-refractivity contribution is 5.87. The van der Waals surface area contributed by atoms with Crippen LogP contribution in [-0.2, 0) is 0 Å². The van der Waals surface area contributed by atoms with Gasteiger partial charge in [0.15, 0.2) is 5.65 Å². The molecule has 0 saturated carbocycles. The van der Waals surface area contributed by atoms with Crippen LogP contribution >= 0.6 is 0 Å². The van der Waals surface area contributed by atoms with E-state index in [2.05, 4.69) is 50.2 Å². The molecule has 0 radical (unpaired) electrons. The van der Waals surface area contributed by atoms with Crippen molar-refractivity contribution in [1.29, 1.82) is 0 Å². The maximum atomic E-state index is 5.75. The quantitative estimate of drug-likeness (QED) is 0.785. The normalized spacial score (nSPS) is 14.8. The highest BCUT2D eigenvalue weighted by atomic mass is 15.2. The average molecular weight is 317 g/mol. The van der Waals surface area contributed by atoms with Crippen molar-refractivity contribution in [3.8, 4) is 0 Å². The molecule has 0 aliphatic carbocycles. The Kier molecular flexibility index (Phi) is 3.83. The van der Waals surface area contributed by atoms with Crippen LogP contribution in [0, 0.1) is 0 Å². The van der Waals surface area contributed by atoms with Crippen molar-refractivity contribution in [3.63, 3.8) is 0 Å². The van der Waals surface area contributed by atoms with E-state index in [1.807, 2.05) is 12.1 Å². The molecule has 2 aromatic heterocycles. The van der Waals surface area contributed by atoms with E-state index in [1.165, 1.54) is 11.1 Å². The van der Waals surface area contributed by atoms with E-state index in [0.29, 0.717) is 11.5 Å². The number of nitrogen functional groups attached to an aromatic ring is 1. The first-order chi connectivity index (χ1) is 11.8. The summed E-state index contributed by atoms with van der Waals surface area (Å²) in [7, 11) is 0. The first-order valence-electron chi connectivity index (χ1n) is 8.16. The zero-order chi connectivity index (χ0) is 16.4. The van der Waals surface area contributed by atoms with E-state index in [4.69, 9.17) is 5.73 Å². The average Bonchev–Trinajstić information content (AvgIpc) is 2.62. The van der Waals surface area contributed by atoms with Gasteiger partial charge in [-0.25, -0.2) is 15.0 Å². The summed E-state index contributed by atoms with van der Waals surface area (Å²) in [5.74, 6) is 1.44. The minimum atomic E-state index is 0.485. The Morgan fingerprint density at radius 3 is 2.54 bits per heavy atom. The lowest BCUT2D eigenvalue weighted by Gasteiger charge is -2.30. The predicted molar refractivity (Wildman–Crippen MR) is 97.6 cm³/mol. The summed E-state index contributed by atoms with van der Waals surface area (Å²) in [6.45, 7) is 1.91. The van der Waals surface area contributed by atoms with Gasteiger partial charge in [0.05, 0.1) is 5.39 Å². The molecule has 1 saturated heterocycles. The van der Waals surface area contributed by atoms with Gasteiger partial charge in [0.1, 0.15) is 18.0 Å². The topological polar surface area (TPSA) is 67.9 Å². The van der Waals surface area contributed by atoms with Gasteiger partial charge in [-0.1, -0.05) is 42.0 Å². The van der Waals surface area contributed by atoms with Crippen LogP contribution in [0.15, 0.2) is 54.4 Å². The second-order valence-electron chi connectivity index (χ2n) is 6.00. The molecule has 0 amide bonds. The van der Waals surface area contributed by atoms with Crippen molar-refractivity contribution in [2.24, 2.45) is 0 Å². The lowest BCUT2D eigenvalue weighted by atomic mass is 10.0. The number of anilines is 2. The lowest BCUT2D eigenvalue weighted by molar-refractivity contribution is 0.682. The summed E-state index contributed by atoms with van der Waals surface area (Å²) in [6.07, 6.45) is 5.96. The molecule has 0 unspecified atom stereocenters. The summed E-state index contributed by atoms with van der Waals surface area (Å²) in [5.41, 5.74) is 9.17. The maximum absolute atomic E-state index is 5.75. The molecular formula is C19H19N5. The van der Waals surface area contributed by atoms with Crippen LogP contribution in [0.2, 0.25) is 0 Å². The number of benzene rings is 1. The fraction of sp³-hybridized carbons (Fsp3) is 0.211. The van der Waals surface area contributed by atoms with E-state index < -0.39 is 0 Å². The molecule has 120 valence electrons. The van der Waals surface area contributed by atoms with Crippen LogP contribution in [0.5, 0.6) is 0 Å². The predicted octanol–water partition coefficient (Wildman–Crippen LogP) is 3.29. The van der Waals surface area contributed by atoms with Gasteiger partial charge in [-0.05, 0) is 30.5 Å². The highest BCUT2D eigenvalue weighted by Gasteiger charge is 2.18. The number of nitrogens with zero attached hydrogens (tertiary/aromatic N) is 4. The summed E-state index contributed by atoms with van der Waals surface area (Å²) in [4.78, 5) is 15.3. The number of hydrogen-bond donors (Lipinski definition) is 1. The Hall–Kier alpha value is -2.95. The Morgan fingerprint density at radius 2 is 1.75 bits per heavy atom. The molecule has 0 atom stereocenters. The van der Waals surface area contributed by atoms with Crippen LogP contribution in [0.25, 0.3) is 17.1 Å². The first kappa shape index (κ1) is 14.6. The smallest absolute Gasteiger partial charge is 0.166 e. The molecule has 1 aromatic carbocycles. The van der Waals surface area contributed by atoms with Crippen molar-refractivity contribution in [2.75, 3.05) is 23.7 Å². The monoisotopic (exact) mass is 317 g/mol. The number of nitrogens with two attached hydrogens (primary N) is 1. The molecule has 5 heteroatoms. The fourth-order valence-electron chi connectivity index (χ4n) is 3.13. The summed E-state index contributed by atoms with van der Waals surface area (Å²) < 4.78 is 0. The number of hydrogen-bond acceptors (Lipinski definition) is 5. The van der Waals surface area contributed by atoms with Crippen LogP contribution in [0.3, 0.4) is 0 Å². The van der Waals surface area contributed by atoms with Crippen molar-refractivity contribution in [1.82, 2.24) is 15.0 Å². The molecule has 24 heavy (non-hydrogen) atoms. The van der Waals surface area contributed by atoms with Crippen LogP contribution in [0.1, 0.15) is 18.4 Å². The Labute approximate surface area is 140 Å². The van der Waals surface area contributed by atoms with E-state index in [-0.39, 0.29) is 0 Å². The molecular weight excluding hydrogens is 298 g/mol. The van der Waals surface area contributed by atoms with E-state index in [0.717, 1.165) is 37.1 Å². The minimum Gasteiger partial charge on any atom is -0.384 e. The fourth-order valence-corrected chi connectivity index (χ4v) is 3.13. The highest BCUT2D eigenvalue weighted by Crippen LogP contribution is 2.27. The SMILES string of the molecule is Nc1ccc2c(N3CCC(=Cc4ccccc4)CC3)ncnc2n1. The molecule has 3 heterocycles. The van der Waals surface area contributed by atoms with Gasteiger partial charge in [0.2, 0.25) is 0 Å². The maximum Gasteiger partial charge on any atom is 0.166 e. The minimum absolute atomic E-state index is 0.485. The Balaban J connectivity index is 1.55. The van der Waals surface area contributed by atoms with Crippen molar-refractivity contribution in [3.05, 3.63) is 59.9 Å². The van der Waals surface area contributed by atoms with Crippen molar-refractivity contribution >= 4 is 28.7 Å². The molecule has 1 fully saturated rings. The molecule has 0 bridgehead atoms. The standard InChI is InChI=1S/C19H19N5/c20-17-7-6-16-18(23-17)21-13-22-19(16)24-10-8-15(9-11-24)12-14-4-2-1-3-5-14/h1-7,12-13H,8-11H2,(H2,20,21,22,23). The van der Waals surface area contributed by atoms with Gasteiger partial charge >= 0.3 is 0 Å². The van der Waals surface area contributed by atoms with E-state index >= 15 is 0 Å². The van der Waals surface area contributed by atoms with Crippen molar-refractivity contribution in [2.45, 2.75) is 12.8 Å². The van der Waals surface area contributed by atoms with Gasteiger partial charge in [-0.15, -0.1) is 0 Å². The van der Waals surface area contributed by atoms with Gasteiger partial charge in [-0.2, -0.15) is 0 Å². The zero-order valence-electron chi connectivity index (χ0n) is 13.4. The summed E-state index contributed by atoms with van der Waals surface area (Å²) >= 11 is 0. The number of aromatic nitrogens is 3. The van der Waals surface area contributed by atoms with Gasteiger partial charge in [-0.3, -0.25) is 0 Å². The zero-order valence-corrected chi connectivity index (χ0v) is 13.4. The molecule has 0 spiro atoms. The van der Waals surface area contributed by atoms with Gasteiger partial charge < -0.3 is 10.6 Å². The van der Waals surface area contributed by atoms with Crippen LogP contribution in [-0.4, -0.2) is 28.0 Å². The number of pyridine rings is 1. The second kappa shape index (κ2) is 6.28. The molecule has 2 N–H and O–H groups in total. The summed E-state index contributed by atoms with van der Waals surface area (Å²) in [6, 6.07) is 14.3. The van der Waals surface area contributed by atoms with Crippen LogP contribution < -0.4 is 10.6 Å². The second-order valence-corrected chi connectivity index (χ2v) is 6.00. The number of rotatable bonds is 2. The number of piperidine rings is 1. The largest absolute Gasteiger partial charge is 0.384 e. The molecule has 3 aromatic rings. The third-order valence-corrected chi connectivity index (χ3v) is 4.37. The Bertz CT molecular complexity index is 879. The summed E-state index contributed by atoms with van der Waals surface area (Å²) in [5, 5.41) is 0.960. The first-order valence-corrected chi connectivity index (χ1v) is 8.16. The van der Waals surface area contributed by atoms with E-state index in [1.54, 1.807) is 12.4 Å². The van der Waals surface area contributed by atoms with Gasteiger partial charge in [0.25, 0.3) is 0 Å². The number of fused-ring (bicyclic) bond motifs is 1. The Morgan fingerprint density at radius 1 is 0.958 bits per heavy atom. The van der Waals surface area contributed by atoms with E-state index in [9.17, 15) is 0 Å². The van der Waals surface area contributed by atoms with Crippen molar-refractivity contribution < 1.29 is 0 Å². The molecule has 5 nitrogen and oxygen atoms in total. The molecule has 1 aliphatic heterocycles. The molecule has 1 aliphatic rings.